The lowest BCUT2D eigenvalue weighted by molar-refractivity contribution is -0.116. The first-order valence-electron chi connectivity index (χ1n) is 13.2. The van der Waals surface area contributed by atoms with Crippen molar-refractivity contribution < 1.29 is 24.1 Å². The Labute approximate surface area is 244 Å². The molecule has 2 aromatic heterocycles. The molecule has 11 heteroatoms. The average molecular weight is 605 g/mol. The number of carboxylic acids is 1. The molecule has 2 heterocycles. The van der Waals surface area contributed by atoms with Crippen LogP contribution in [-0.4, -0.2) is 37.1 Å². The number of hydrogen-bond acceptors (Lipinski definition) is 6. The van der Waals surface area contributed by atoms with Crippen LogP contribution >= 0.6 is 34.5 Å². The number of carboxylic acid groups (broad SMARTS) is 1. The maximum absolute atomic E-state index is 14.7. The van der Waals surface area contributed by atoms with Crippen LogP contribution < -0.4 is 0 Å². The molecule has 0 spiro atoms. The van der Waals surface area contributed by atoms with E-state index >= 15 is 0 Å². The van der Waals surface area contributed by atoms with Crippen LogP contribution in [0.4, 0.5) is 4.39 Å². The number of thiazole rings is 1. The van der Waals surface area contributed by atoms with Gasteiger partial charge in [0.25, 0.3) is 0 Å². The number of fused-ring (bicyclic) bond motifs is 3. The summed E-state index contributed by atoms with van der Waals surface area (Å²) in [6.07, 6.45) is 8.28. The maximum atomic E-state index is 14.7. The van der Waals surface area contributed by atoms with Crippen LogP contribution in [0.3, 0.4) is 0 Å². The Balaban J connectivity index is 1.24. The Morgan fingerprint density at radius 1 is 1.25 bits per heavy atom. The summed E-state index contributed by atoms with van der Waals surface area (Å²) >= 11 is 13.9. The molecule has 0 amide bonds. The molecule has 4 atom stereocenters. The molecule has 0 saturated heterocycles. The molecule has 40 heavy (non-hydrogen) atoms. The van der Waals surface area contributed by atoms with Gasteiger partial charge in [-0.2, -0.15) is 5.10 Å². The number of carbonyl (C=O) groups is 1. The van der Waals surface area contributed by atoms with Crippen molar-refractivity contribution >= 4 is 56.4 Å². The molecule has 210 valence electrons. The summed E-state index contributed by atoms with van der Waals surface area (Å²) in [7, 11) is 0. The third kappa shape index (κ3) is 4.61. The molecule has 3 saturated carbocycles. The summed E-state index contributed by atoms with van der Waals surface area (Å²) in [5.74, 6) is -1.70. The molecule has 6 rings (SSSR count). The number of aliphatic hydroxyl groups is 1. The zero-order valence-electron chi connectivity index (χ0n) is 21.6. The molecule has 7 nitrogen and oxygen atoms in total. The van der Waals surface area contributed by atoms with Crippen molar-refractivity contribution in [3.8, 4) is 0 Å². The molecule has 3 aliphatic carbocycles. The Morgan fingerprint density at radius 2 is 1.95 bits per heavy atom. The van der Waals surface area contributed by atoms with Gasteiger partial charge in [-0.25, -0.2) is 18.9 Å². The van der Waals surface area contributed by atoms with Gasteiger partial charge >= 0.3 is 5.97 Å². The van der Waals surface area contributed by atoms with Crippen molar-refractivity contribution in [2.45, 2.75) is 62.8 Å². The Morgan fingerprint density at radius 3 is 2.55 bits per heavy atom. The van der Waals surface area contributed by atoms with Gasteiger partial charge in [0.1, 0.15) is 21.8 Å². The van der Waals surface area contributed by atoms with Gasteiger partial charge in [-0.1, -0.05) is 36.4 Å². The van der Waals surface area contributed by atoms with E-state index in [4.69, 9.17) is 27.9 Å². The van der Waals surface area contributed by atoms with Crippen LogP contribution in [-0.2, 0) is 16.9 Å². The average Bonchev–Trinajstić information content (AvgIpc) is 3.49. The highest BCUT2D eigenvalue weighted by Crippen LogP contribution is 2.57. The smallest absolute Gasteiger partial charge is 0.335 e. The second kappa shape index (κ2) is 10.4. The highest BCUT2D eigenvalue weighted by molar-refractivity contribution is 7.18. The van der Waals surface area contributed by atoms with Crippen molar-refractivity contribution in [1.82, 2.24) is 14.8 Å². The van der Waals surface area contributed by atoms with E-state index in [0.717, 1.165) is 43.0 Å². The molecular formula is C29H28Cl2FN3O4S. The van der Waals surface area contributed by atoms with Crippen molar-refractivity contribution in [1.29, 1.82) is 0 Å². The molecule has 1 aromatic carbocycles. The highest BCUT2D eigenvalue weighted by Gasteiger charge is 2.56. The number of aromatic nitrogens is 3. The lowest BCUT2D eigenvalue weighted by atomic mass is 9.73. The van der Waals surface area contributed by atoms with Gasteiger partial charge in [-0.3, -0.25) is 0 Å². The number of benzene rings is 1. The van der Waals surface area contributed by atoms with E-state index in [1.165, 1.54) is 23.5 Å². The van der Waals surface area contributed by atoms with Gasteiger partial charge in [0.2, 0.25) is 0 Å². The number of hydrogen-bond donors (Lipinski definition) is 2. The first-order chi connectivity index (χ1) is 19.1. The van der Waals surface area contributed by atoms with Gasteiger partial charge in [0.15, 0.2) is 5.82 Å². The topological polar surface area (TPSA) is 97.5 Å². The zero-order chi connectivity index (χ0) is 28.3. The summed E-state index contributed by atoms with van der Waals surface area (Å²) in [6, 6.07) is 2.39. The molecule has 3 aliphatic rings. The lowest BCUT2D eigenvalue weighted by Gasteiger charge is -2.41. The van der Waals surface area contributed by atoms with Crippen LogP contribution in [0, 0.1) is 17.7 Å². The minimum absolute atomic E-state index is 0.0972. The number of nitrogens with zero attached hydrogens (tertiary/aromatic N) is 3. The van der Waals surface area contributed by atoms with E-state index in [9.17, 15) is 19.4 Å². The number of halogens is 3. The summed E-state index contributed by atoms with van der Waals surface area (Å²) in [6.45, 7) is 7.91. The Hall–Kier alpha value is -2.56. The third-order valence-electron chi connectivity index (χ3n) is 8.49. The van der Waals surface area contributed by atoms with E-state index < -0.39 is 17.4 Å². The summed E-state index contributed by atoms with van der Waals surface area (Å²) < 4.78 is 23.3. The number of rotatable bonds is 9. The highest BCUT2D eigenvalue weighted by atomic mass is 35.5. The van der Waals surface area contributed by atoms with E-state index in [1.807, 2.05) is 6.20 Å². The van der Waals surface area contributed by atoms with Gasteiger partial charge in [0, 0.05) is 0 Å². The molecule has 2 unspecified atom stereocenters. The molecule has 2 bridgehead atoms. The normalized spacial score (nSPS) is 26.6. The fourth-order valence-electron chi connectivity index (χ4n) is 6.37. The fourth-order valence-corrected chi connectivity index (χ4v) is 8.06. The van der Waals surface area contributed by atoms with Gasteiger partial charge in [-0.15, -0.1) is 11.3 Å². The molecule has 3 aromatic rings. The summed E-state index contributed by atoms with van der Waals surface area (Å²) in [5.41, 5.74) is 1.21. The quantitative estimate of drug-likeness (QED) is 0.252. The van der Waals surface area contributed by atoms with Crippen LogP contribution in [0.5, 0.6) is 0 Å². The lowest BCUT2D eigenvalue weighted by Crippen LogP contribution is -2.44. The number of allylic oxidation sites excluding steroid dienone is 4. The Kier molecular flexibility index (Phi) is 7.15. The molecular weight excluding hydrogens is 576 g/mol. The predicted octanol–water partition coefficient (Wildman–Crippen LogP) is 7.15. The first-order valence-corrected chi connectivity index (χ1v) is 14.8. The second-order valence-electron chi connectivity index (χ2n) is 10.9. The number of ether oxygens (including phenoxy) is 1. The van der Waals surface area contributed by atoms with Gasteiger partial charge in [-0.05, 0) is 80.1 Å². The summed E-state index contributed by atoms with van der Waals surface area (Å²) in [5, 5.41) is 26.9. The van der Waals surface area contributed by atoms with E-state index in [2.05, 4.69) is 23.2 Å². The second-order valence-corrected chi connectivity index (χ2v) is 12.8. The van der Waals surface area contributed by atoms with E-state index in [-0.39, 0.29) is 34.1 Å². The van der Waals surface area contributed by atoms with Crippen LogP contribution in [0.15, 0.2) is 47.6 Å². The van der Waals surface area contributed by atoms with Crippen LogP contribution in [0.25, 0.3) is 15.9 Å². The molecule has 0 aliphatic heterocycles. The van der Waals surface area contributed by atoms with Crippen LogP contribution in [0.1, 0.15) is 71.1 Å². The zero-order valence-corrected chi connectivity index (χ0v) is 23.9. The standard InChI is InChI=1S/C29H28Cl2FN3O4S/c1-3-21(31)26(14(2)30)35-23(20(12-33-35)15-4-5-15)13-39-19-10-17-6-7-18(11-19)29(17,38)28-34-25-22(32)8-16(27(36)37)9-24(25)40-28/h3,8-9,12,15,17-19,38H,1-2,4-7,10-11,13H2,(H,36,37)/b26-21-/t17-,18+,19?,29?. The predicted molar refractivity (Wildman–Crippen MR) is 153 cm³/mol. The minimum Gasteiger partial charge on any atom is -0.478 e. The van der Waals surface area contributed by atoms with E-state index in [0.29, 0.717) is 45.8 Å². The largest absolute Gasteiger partial charge is 0.478 e. The monoisotopic (exact) mass is 603 g/mol. The van der Waals surface area contributed by atoms with Crippen LogP contribution in [0.2, 0.25) is 0 Å². The van der Waals surface area contributed by atoms with Crippen molar-refractivity contribution in [2.75, 3.05) is 0 Å². The van der Waals surface area contributed by atoms with E-state index in [1.54, 1.807) is 4.68 Å². The fraction of sp³-hybridized carbons (Fsp3) is 0.414. The van der Waals surface area contributed by atoms with Gasteiger partial charge in [0.05, 0.1) is 44.9 Å². The van der Waals surface area contributed by atoms with Crippen molar-refractivity contribution in [2.24, 2.45) is 11.8 Å². The minimum atomic E-state index is -1.21. The first kappa shape index (κ1) is 27.6. The van der Waals surface area contributed by atoms with Crippen molar-refractivity contribution in [3.05, 3.63) is 75.3 Å². The number of aromatic carboxylic acids is 1. The van der Waals surface area contributed by atoms with Crippen molar-refractivity contribution in [3.63, 3.8) is 0 Å². The molecule has 0 radical (unpaired) electrons. The summed E-state index contributed by atoms with van der Waals surface area (Å²) in [4.78, 5) is 15.9. The third-order valence-corrected chi connectivity index (χ3v) is 10.1. The van der Waals surface area contributed by atoms with Gasteiger partial charge < -0.3 is 14.9 Å². The SMILES string of the molecule is C=C/C(Cl)=C(\C(=C)Cl)n1ncc(C2CC2)c1COC1C[C@H]2CC[C@@H](C1)C2(O)c1nc2c(F)cc(C(=O)O)cc2s1. The Bertz CT molecular complexity index is 1560. The molecule has 3 fully saturated rings. The molecule has 2 N–H and O–H groups in total. The maximum Gasteiger partial charge on any atom is 0.335 e.